The van der Waals surface area contributed by atoms with E-state index >= 15 is 0 Å². The third kappa shape index (κ3) is 2.20. The van der Waals surface area contributed by atoms with Crippen LogP contribution in [0.1, 0.15) is 5.56 Å². The minimum Gasteiger partial charge on any atom is -0.508 e. The molecule has 80 valence electrons. The molecule has 0 bridgehead atoms. The SMILES string of the molecule is NC(=S)c1cccc(-c2ccc(O)cc2)c1. The maximum Gasteiger partial charge on any atom is 0.115 e. The van der Waals surface area contributed by atoms with E-state index in [4.69, 9.17) is 18.0 Å². The van der Waals surface area contributed by atoms with E-state index in [0.717, 1.165) is 16.7 Å². The van der Waals surface area contributed by atoms with Crippen LogP contribution in [0.4, 0.5) is 0 Å². The van der Waals surface area contributed by atoms with Crippen LogP contribution in [0, 0.1) is 0 Å². The summed E-state index contributed by atoms with van der Waals surface area (Å²) < 4.78 is 0. The van der Waals surface area contributed by atoms with Crippen molar-refractivity contribution in [2.24, 2.45) is 5.73 Å². The highest BCUT2D eigenvalue weighted by atomic mass is 32.1. The van der Waals surface area contributed by atoms with Crippen molar-refractivity contribution in [3.8, 4) is 16.9 Å². The highest BCUT2D eigenvalue weighted by Crippen LogP contribution is 2.22. The van der Waals surface area contributed by atoms with E-state index in [2.05, 4.69) is 0 Å². The van der Waals surface area contributed by atoms with Crippen molar-refractivity contribution in [2.75, 3.05) is 0 Å². The van der Waals surface area contributed by atoms with Crippen LogP contribution in [0.15, 0.2) is 48.5 Å². The lowest BCUT2D eigenvalue weighted by Gasteiger charge is -2.04. The first-order valence-corrected chi connectivity index (χ1v) is 5.27. The zero-order chi connectivity index (χ0) is 11.5. The molecule has 3 N–H and O–H groups in total. The quantitative estimate of drug-likeness (QED) is 0.778. The van der Waals surface area contributed by atoms with Crippen molar-refractivity contribution in [1.29, 1.82) is 0 Å². The Kier molecular flexibility index (Phi) is 2.88. The molecular weight excluding hydrogens is 218 g/mol. The van der Waals surface area contributed by atoms with E-state index in [9.17, 15) is 5.11 Å². The van der Waals surface area contributed by atoms with E-state index in [1.165, 1.54) is 0 Å². The Morgan fingerprint density at radius 1 is 1.00 bits per heavy atom. The molecule has 2 aromatic rings. The van der Waals surface area contributed by atoms with Crippen molar-refractivity contribution < 1.29 is 5.11 Å². The number of nitrogens with two attached hydrogens (primary N) is 1. The molecule has 2 rings (SSSR count). The number of hydrogen-bond acceptors (Lipinski definition) is 2. The summed E-state index contributed by atoms with van der Waals surface area (Å²) in [7, 11) is 0. The van der Waals surface area contributed by atoms with Gasteiger partial charge >= 0.3 is 0 Å². The average molecular weight is 229 g/mol. The van der Waals surface area contributed by atoms with Crippen molar-refractivity contribution in [3.05, 3.63) is 54.1 Å². The maximum atomic E-state index is 9.21. The summed E-state index contributed by atoms with van der Waals surface area (Å²) in [5.41, 5.74) is 8.48. The molecule has 0 fully saturated rings. The van der Waals surface area contributed by atoms with E-state index in [0.29, 0.717) is 4.99 Å². The summed E-state index contributed by atoms with van der Waals surface area (Å²) >= 11 is 4.93. The zero-order valence-electron chi connectivity index (χ0n) is 8.55. The summed E-state index contributed by atoms with van der Waals surface area (Å²) in [6.45, 7) is 0. The molecule has 0 saturated carbocycles. The summed E-state index contributed by atoms with van der Waals surface area (Å²) in [5.74, 6) is 0.259. The molecular formula is C13H11NOS. The van der Waals surface area contributed by atoms with Gasteiger partial charge in [0.2, 0.25) is 0 Å². The highest BCUT2D eigenvalue weighted by Gasteiger charge is 2.00. The van der Waals surface area contributed by atoms with Gasteiger partial charge in [-0.2, -0.15) is 0 Å². The Balaban J connectivity index is 2.44. The van der Waals surface area contributed by atoms with Crippen molar-refractivity contribution in [3.63, 3.8) is 0 Å². The summed E-state index contributed by atoms with van der Waals surface area (Å²) in [5, 5.41) is 9.21. The van der Waals surface area contributed by atoms with Gasteiger partial charge in [0.25, 0.3) is 0 Å². The van der Waals surface area contributed by atoms with Gasteiger partial charge in [-0.15, -0.1) is 0 Å². The van der Waals surface area contributed by atoms with Crippen LogP contribution in [0.3, 0.4) is 0 Å². The molecule has 2 nitrogen and oxygen atoms in total. The monoisotopic (exact) mass is 229 g/mol. The summed E-state index contributed by atoms with van der Waals surface area (Å²) in [6.07, 6.45) is 0. The average Bonchev–Trinajstić information content (AvgIpc) is 2.30. The van der Waals surface area contributed by atoms with Crippen LogP contribution >= 0.6 is 12.2 Å². The van der Waals surface area contributed by atoms with Crippen molar-refractivity contribution >= 4 is 17.2 Å². The Hall–Kier alpha value is -1.87. The molecule has 0 atom stereocenters. The Morgan fingerprint density at radius 2 is 1.69 bits per heavy atom. The number of rotatable bonds is 2. The zero-order valence-corrected chi connectivity index (χ0v) is 9.37. The van der Waals surface area contributed by atoms with Gasteiger partial charge < -0.3 is 10.8 Å². The number of aromatic hydroxyl groups is 1. The second kappa shape index (κ2) is 4.33. The van der Waals surface area contributed by atoms with Crippen molar-refractivity contribution in [2.45, 2.75) is 0 Å². The lowest BCUT2D eigenvalue weighted by molar-refractivity contribution is 0.475. The molecule has 3 heteroatoms. The molecule has 0 unspecified atom stereocenters. The first-order chi connectivity index (χ1) is 7.66. The van der Waals surface area contributed by atoms with Crippen LogP contribution in [0.5, 0.6) is 5.75 Å². The van der Waals surface area contributed by atoms with Gasteiger partial charge in [0, 0.05) is 5.56 Å². The molecule has 0 aromatic heterocycles. The fourth-order valence-electron chi connectivity index (χ4n) is 1.51. The van der Waals surface area contributed by atoms with Crippen LogP contribution in [0.2, 0.25) is 0 Å². The van der Waals surface area contributed by atoms with E-state index in [1.54, 1.807) is 12.1 Å². The number of benzene rings is 2. The predicted octanol–water partition coefficient (Wildman–Crippen LogP) is 2.69. The number of thiocarbonyl (C=S) groups is 1. The fraction of sp³-hybridized carbons (Fsp3) is 0. The molecule has 0 radical (unpaired) electrons. The molecule has 0 aliphatic heterocycles. The normalized spacial score (nSPS) is 10.0. The van der Waals surface area contributed by atoms with Crippen LogP contribution in [-0.4, -0.2) is 10.1 Å². The van der Waals surface area contributed by atoms with Crippen LogP contribution < -0.4 is 5.73 Å². The van der Waals surface area contributed by atoms with Gasteiger partial charge in [0.15, 0.2) is 0 Å². The number of hydrogen-bond donors (Lipinski definition) is 2. The Labute approximate surface area is 99.3 Å². The lowest BCUT2D eigenvalue weighted by Crippen LogP contribution is -2.08. The topological polar surface area (TPSA) is 46.2 Å². The van der Waals surface area contributed by atoms with Gasteiger partial charge in [-0.1, -0.05) is 42.5 Å². The van der Waals surface area contributed by atoms with Gasteiger partial charge in [0.05, 0.1) is 0 Å². The predicted molar refractivity (Wildman–Crippen MR) is 69.4 cm³/mol. The van der Waals surface area contributed by atoms with Gasteiger partial charge in [0.1, 0.15) is 10.7 Å². The van der Waals surface area contributed by atoms with Gasteiger partial charge in [-0.3, -0.25) is 0 Å². The molecule has 0 amide bonds. The first kappa shape index (κ1) is 10.6. The molecule has 2 aromatic carbocycles. The first-order valence-electron chi connectivity index (χ1n) is 4.86. The fourth-order valence-corrected chi connectivity index (χ4v) is 1.63. The van der Waals surface area contributed by atoms with Gasteiger partial charge in [-0.25, -0.2) is 0 Å². The second-order valence-corrected chi connectivity index (χ2v) is 3.93. The van der Waals surface area contributed by atoms with E-state index < -0.39 is 0 Å². The van der Waals surface area contributed by atoms with E-state index in [1.807, 2.05) is 36.4 Å². The standard InChI is InChI=1S/C13H11NOS/c14-13(16)11-3-1-2-10(8-11)9-4-6-12(15)7-5-9/h1-8,15H,(H2,14,16). The summed E-state index contributed by atoms with van der Waals surface area (Å²) in [4.78, 5) is 0.389. The van der Waals surface area contributed by atoms with E-state index in [-0.39, 0.29) is 5.75 Å². The summed E-state index contributed by atoms with van der Waals surface area (Å²) in [6, 6.07) is 14.7. The Morgan fingerprint density at radius 3 is 2.31 bits per heavy atom. The lowest BCUT2D eigenvalue weighted by atomic mass is 10.0. The second-order valence-electron chi connectivity index (χ2n) is 3.49. The molecule has 0 saturated heterocycles. The molecule has 0 heterocycles. The Bertz CT molecular complexity index is 520. The third-order valence-electron chi connectivity index (χ3n) is 2.35. The molecule has 0 aliphatic carbocycles. The number of phenols is 1. The largest absolute Gasteiger partial charge is 0.508 e. The third-order valence-corrected chi connectivity index (χ3v) is 2.58. The van der Waals surface area contributed by atoms with Crippen LogP contribution in [0.25, 0.3) is 11.1 Å². The van der Waals surface area contributed by atoms with Crippen molar-refractivity contribution in [1.82, 2.24) is 0 Å². The van der Waals surface area contributed by atoms with Crippen LogP contribution in [-0.2, 0) is 0 Å². The number of phenolic OH excluding ortho intramolecular Hbond substituents is 1. The molecule has 0 spiro atoms. The maximum absolute atomic E-state index is 9.21. The molecule has 0 aliphatic rings. The minimum atomic E-state index is 0.259. The highest BCUT2D eigenvalue weighted by molar-refractivity contribution is 7.80. The van der Waals surface area contributed by atoms with Gasteiger partial charge in [-0.05, 0) is 29.3 Å². The molecule has 16 heavy (non-hydrogen) atoms. The minimum absolute atomic E-state index is 0.259. The smallest absolute Gasteiger partial charge is 0.115 e.